The predicted molar refractivity (Wildman–Crippen MR) is 117 cm³/mol. The summed E-state index contributed by atoms with van der Waals surface area (Å²) < 4.78 is 23.5. The molecule has 1 unspecified atom stereocenters. The van der Waals surface area contributed by atoms with Crippen LogP contribution in [0.5, 0.6) is 17.2 Å². The number of guanidine groups is 1. The predicted octanol–water partition coefficient (Wildman–Crippen LogP) is 1.17. The van der Waals surface area contributed by atoms with Gasteiger partial charge in [-0.1, -0.05) is 0 Å². The third-order valence-corrected chi connectivity index (χ3v) is 5.22. The lowest BCUT2D eigenvalue weighted by Gasteiger charge is -2.25. The molecular formula is C21H32N6O4. The number of aryl methyl sites for hydroxylation is 1. The number of nitrogens with one attached hydrogen (secondary N) is 2. The van der Waals surface area contributed by atoms with Crippen LogP contribution in [0.15, 0.2) is 17.1 Å². The fourth-order valence-corrected chi connectivity index (χ4v) is 3.69. The van der Waals surface area contributed by atoms with E-state index in [-0.39, 0.29) is 6.04 Å². The summed E-state index contributed by atoms with van der Waals surface area (Å²) in [4.78, 5) is 8.89. The molecule has 0 bridgehead atoms. The Kier molecular flexibility index (Phi) is 7.94. The fourth-order valence-electron chi connectivity index (χ4n) is 3.69. The van der Waals surface area contributed by atoms with E-state index in [1.807, 2.05) is 16.8 Å². The van der Waals surface area contributed by atoms with Gasteiger partial charge in [-0.3, -0.25) is 4.99 Å². The van der Waals surface area contributed by atoms with E-state index in [1.54, 1.807) is 35.5 Å². The zero-order valence-corrected chi connectivity index (χ0v) is 18.9. The summed E-state index contributed by atoms with van der Waals surface area (Å²) in [6.07, 6.45) is 2.53. The molecule has 0 amide bonds. The molecule has 0 aliphatic carbocycles. The molecule has 3 rings (SSSR count). The van der Waals surface area contributed by atoms with Crippen LogP contribution in [0, 0.1) is 0 Å². The van der Waals surface area contributed by atoms with E-state index >= 15 is 0 Å². The monoisotopic (exact) mass is 432 g/mol. The number of hydrogen-bond donors (Lipinski definition) is 2. The van der Waals surface area contributed by atoms with Crippen LogP contribution in [-0.2, 0) is 30.7 Å². The average Bonchev–Trinajstić information content (AvgIpc) is 3.19. The SMILES string of the molecule is CN=C(NCCc1c(OC)cc(OC)cc1OC)NC1CCc2nc(COC)nn2C1. The lowest BCUT2D eigenvalue weighted by molar-refractivity contribution is 0.177. The minimum Gasteiger partial charge on any atom is -0.496 e. The van der Waals surface area contributed by atoms with Gasteiger partial charge in [0.2, 0.25) is 0 Å². The van der Waals surface area contributed by atoms with E-state index in [9.17, 15) is 0 Å². The number of fused-ring (bicyclic) bond motifs is 1. The summed E-state index contributed by atoms with van der Waals surface area (Å²) in [6.45, 7) is 1.84. The van der Waals surface area contributed by atoms with Crippen LogP contribution in [0.3, 0.4) is 0 Å². The van der Waals surface area contributed by atoms with Gasteiger partial charge >= 0.3 is 0 Å². The minimum atomic E-state index is 0.223. The summed E-state index contributed by atoms with van der Waals surface area (Å²) in [6, 6.07) is 3.95. The highest BCUT2D eigenvalue weighted by atomic mass is 16.5. The molecule has 0 spiro atoms. The van der Waals surface area contributed by atoms with Gasteiger partial charge in [0.25, 0.3) is 0 Å². The number of aromatic nitrogens is 3. The number of hydrogen-bond acceptors (Lipinski definition) is 7. The Balaban J connectivity index is 1.57. The molecule has 1 aromatic heterocycles. The molecule has 1 atom stereocenters. The highest BCUT2D eigenvalue weighted by Crippen LogP contribution is 2.34. The van der Waals surface area contributed by atoms with Crippen molar-refractivity contribution in [2.24, 2.45) is 4.99 Å². The third kappa shape index (κ3) is 5.57. The highest BCUT2D eigenvalue weighted by molar-refractivity contribution is 5.80. The normalized spacial score (nSPS) is 15.9. The number of rotatable bonds is 9. The second kappa shape index (κ2) is 10.9. The Morgan fingerprint density at radius 2 is 1.90 bits per heavy atom. The van der Waals surface area contributed by atoms with Gasteiger partial charge in [-0.25, -0.2) is 9.67 Å². The van der Waals surface area contributed by atoms with Crippen LogP contribution in [0.4, 0.5) is 0 Å². The van der Waals surface area contributed by atoms with E-state index in [0.717, 1.165) is 54.1 Å². The lowest BCUT2D eigenvalue weighted by atomic mass is 10.1. The minimum absolute atomic E-state index is 0.223. The first-order valence-corrected chi connectivity index (χ1v) is 10.3. The molecule has 0 saturated carbocycles. The molecule has 170 valence electrons. The van der Waals surface area contributed by atoms with Gasteiger partial charge in [-0.05, 0) is 12.8 Å². The van der Waals surface area contributed by atoms with E-state index in [4.69, 9.17) is 18.9 Å². The standard InChI is InChI=1S/C21H32N6O4/c1-22-21(24-14-6-7-20-25-19(13-28-2)26-27(20)12-14)23-9-8-16-17(30-4)10-15(29-3)11-18(16)31-5/h10-11,14H,6-9,12-13H2,1-5H3,(H2,22,23,24). The molecule has 0 radical (unpaired) electrons. The van der Waals surface area contributed by atoms with E-state index in [2.05, 4.69) is 25.7 Å². The van der Waals surface area contributed by atoms with Crippen molar-refractivity contribution in [2.75, 3.05) is 42.0 Å². The van der Waals surface area contributed by atoms with Crippen LogP contribution < -0.4 is 24.8 Å². The molecule has 10 nitrogen and oxygen atoms in total. The molecule has 31 heavy (non-hydrogen) atoms. The van der Waals surface area contributed by atoms with Crippen molar-refractivity contribution in [3.8, 4) is 17.2 Å². The number of methoxy groups -OCH3 is 4. The van der Waals surface area contributed by atoms with Crippen LogP contribution in [0.25, 0.3) is 0 Å². The summed E-state index contributed by atoms with van der Waals surface area (Å²) in [7, 11) is 8.33. The van der Waals surface area contributed by atoms with Crippen molar-refractivity contribution in [3.63, 3.8) is 0 Å². The topological polar surface area (TPSA) is 104 Å². The maximum atomic E-state index is 5.53. The molecule has 2 N–H and O–H groups in total. The Morgan fingerprint density at radius 1 is 1.16 bits per heavy atom. The van der Waals surface area contributed by atoms with Crippen LogP contribution in [0.2, 0.25) is 0 Å². The number of nitrogens with zero attached hydrogens (tertiary/aromatic N) is 4. The van der Waals surface area contributed by atoms with E-state index in [1.165, 1.54) is 0 Å². The molecule has 10 heteroatoms. The van der Waals surface area contributed by atoms with Crippen molar-refractivity contribution >= 4 is 5.96 Å². The summed E-state index contributed by atoms with van der Waals surface area (Å²) in [5.41, 5.74) is 0.976. The number of aliphatic imine (C=N–C) groups is 1. The second-order valence-corrected chi connectivity index (χ2v) is 7.20. The van der Waals surface area contributed by atoms with Crippen LogP contribution in [0.1, 0.15) is 23.6 Å². The van der Waals surface area contributed by atoms with Gasteiger partial charge in [0.05, 0.1) is 27.9 Å². The Hall–Kier alpha value is -3.01. The van der Waals surface area contributed by atoms with Crippen LogP contribution >= 0.6 is 0 Å². The quantitative estimate of drug-likeness (QED) is 0.450. The van der Waals surface area contributed by atoms with Crippen molar-refractivity contribution in [1.82, 2.24) is 25.4 Å². The van der Waals surface area contributed by atoms with Gasteiger partial charge in [-0.15, -0.1) is 0 Å². The van der Waals surface area contributed by atoms with Gasteiger partial charge < -0.3 is 29.6 Å². The molecule has 1 aliphatic heterocycles. The molecule has 0 fully saturated rings. The van der Waals surface area contributed by atoms with Gasteiger partial charge in [0.1, 0.15) is 29.7 Å². The van der Waals surface area contributed by atoms with Crippen molar-refractivity contribution in [1.29, 1.82) is 0 Å². The maximum absolute atomic E-state index is 5.53. The van der Waals surface area contributed by atoms with Gasteiger partial charge in [0.15, 0.2) is 11.8 Å². The molecule has 2 aromatic rings. The van der Waals surface area contributed by atoms with E-state index < -0.39 is 0 Å². The molecule has 1 aromatic carbocycles. The summed E-state index contributed by atoms with van der Waals surface area (Å²) >= 11 is 0. The Morgan fingerprint density at radius 3 is 2.52 bits per heavy atom. The largest absolute Gasteiger partial charge is 0.496 e. The van der Waals surface area contributed by atoms with Crippen LogP contribution in [-0.4, -0.2) is 68.8 Å². The smallest absolute Gasteiger partial charge is 0.191 e. The number of ether oxygens (including phenoxy) is 4. The fraction of sp³-hybridized carbons (Fsp3) is 0.571. The summed E-state index contributed by atoms with van der Waals surface area (Å²) in [5.74, 6) is 4.64. The zero-order valence-electron chi connectivity index (χ0n) is 18.9. The van der Waals surface area contributed by atoms with Crippen molar-refractivity contribution < 1.29 is 18.9 Å². The lowest BCUT2D eigenvalue weighted by Crippen LogP contribution is -2.47. The molecule has 1 aliphatic rings. The summed E-state index contributed by atoms with van der Waals surface area (Å²) in [5, 5.41) is 11.4. The first-order chi connectivity index (χ1) is 15.1. The second-order valence-electron chi connectivity index (χ2n) is 7.20. The molecular weight excluding hydrogens is 400 g/mol. The Labute approximate surface area is 183 Å². The van der Waals surface area contributed by atoms with E-state index in [0.29, 0.717) is 25.3 Å². The average molecular weight is 433 g/mol. The highest BCUT2D eigenvalue weighted by Gasteiger charge is 2.22. The maximum Gasteiger partial charge on any atom is 0.191 e. The molecule has 2 heterocycles. The van der Waals surface area contributed by atoms with Crippen molar-refractivity contribution in [3.05, 3.63) is 29.3 Å². The third-order valence-electron chi connectivity index (χ3n) is 5.22. The molecule has 0 saturated heterocycles. The van der Waals surface area contributed by atoms with Gasteiger partial charge in [0, 0.05) is 50.9 Å². The number of benzene rings is 1. The first kappa shape index (κ1) is 22.7. The first-order valence-electron chi connectivity index (χ1n) is 10.3. The Bertz CT molecular complexity index is 873. The van der Waals surface area contributed by atoms with Gasteiger partial charge in [-0.2, -0.15) is 5.10 Å². The van der Waals surface area contributed by atoms with Crippen molar-refractivity contribution in [2.45, 2.75) is 38.5 Å². The zero-order chi connectivity index (χ0) is 22.2.